The van der Waals surface area contributed by atoms with E-state index in [1.165, 1.54) is 18.2 Å². The molecule has 1 amide bonds. The van der Waals surface area contributed by atoms with Crippen molar-refractivity contribution in [2.24, 2.45) is 0 Å². The van der Waals surface area contributed by atoms with Crippen LogP contribution in [0.1, 0.15) is 53.7 Å². The average molecular weight is 451 g/mol. The third kappa shape index (κ3) is 4.65. The lowest BCUT2D eigenvalue weighted by molar-refractivity contribution is 0.0684. The van der Waals surface area contributed by atoms with Crippen LogP contribution in [0.2, 0.25) is 0 Å². The van der Waals surface area contributed by atoms with Crippen molar-refractivity contribution in [3.63, 3.8) is 0 Å². The van der Waals surface area contributed by atoms with Crippen molar-refractivity contribution in [1.82, 2.24) is 19.2 Å². The maximum absolute atomic E-state index is 14.3. The highest BCUT2D eigenvalue weighted by molar-refractivity contribution is 5.91. The van der Waals surface area contributed by atoms with E-state index in [4.69, 9.17) is 0 Å². The fraction of sp³-hybridized carbons (Fsp3) is 0.360. The molecule has 0 N–H and O–H groups in total. The van der Waals surface area contributed by atoms with Gasteiger partial charge in [-0.1, -0.05) is 49.6 Å². The molecule has 1 fully saturated rings. The number of hydrogen-bond acceptors (Lipinski definition) is 4. The minimum absolute atomic E-state index is 0.0202. The van der Waals surface area contributed by atoms with E-state index in [1.807, 2.05) is 13.0 Å². The molecule has 2 aromatic carbocycles. The molecule has 0 aliphatic heterocycles. The molecule has 0 bridgehead atoms. The lowest BCUT2D eigenvalue weighted by atomic mass is 9.94. The molecule has 0 unspecified atom stereocenters. The SMILES string of the molecule is Cc1cccc(-n2nc(C(=O)N(C)C3CCCCC3)c(=O)n(Cc3ccccc3F)c2=O)c1. The van der Waals surface area contributed by atoms with Gasteiger partial charge < -0.3 is 4.90 Å². The summed E-state index contributed by atoms with van der Waals surface area (Å²) in [5, 5.41) is 4.21. The molecule has 3 aromatic rings. The number of hydrogen-bond donors (Lipinski definition) is 0. The molecule has 1 aliphatic carbocycles. The first kappa shape index (κ1) is 22.6. The van der Waals surface area contributed by atoms with Gasteiger partial charge in [-0.05, 0) is 43.5 Å². The molecule has 1 heterocycles. The smallest absolute Gasteiger partial charge is 0.337 e. The van der Waals surface area contributed by atoms with E-state index in [0.717, 1.165) is 46.9 Å². The maximum atomic E-state index is 14.3. The standard InChI is InChI=1S/C25H27FN4O3/c1-17-9-8-13-20(15-17)30-25(33)29(16-18-10-6-7-14-21(18)26)24(32)22(27-30)23(31)28(2)19-11-4-3-5-12-19/h6-10,13-15,19H,3-5,11-12,16H2,1-2H3. The van der Waals surface area contributed by atoms with Gasteiger partial charge in [-0.2, -0.15) is 9.78 Å². The van der Waals surface area contributed by atoms with E-state index in [1.54, 1.807) is 36.2 Å². The average Bonchev–Trinajstić information content (AvgIpc) is 2.82. The Morgan fingerprint density at radius 2 is 1.82 bits per heavy atom. The van der Waals surface area contributed by atoms with Gasteiger partial charge >= 0.3 is 5.69 Å². The minimum Gasteiger partial charge on any atom is -0.337 e. The summed E-state index contributed by atoms with van der Waals surface area (Å²) in [6, 6.07) is 13.0. The number of aromatic nitrogens is 3. The van der Waals surface area contributed by atoms with Gasteiger partial charge in [0.15, 0.2) is 0 Å². The molecular weight excluding hydrogens is 423 g/mol. The van der Waals surface area contributed by atoms with Gasteiger partial charge in [0.25, 0.3) is 11.5 Å². The van der Waals surface area contributed by atoms with Crippen LogP contribution >= 0.6 is 0 Å². The van der Waals surface area contributed by atoms with E-state index >= 15 is 0 Å². The lowest BCUT2D eigenvalue weighted by Crippen LogP contribution is -2.48. The molecule has 172 valence electrons. The summed E-state index contributed by atoms with van der Waals surface area (Å²) in [6.45, 7) is 1.57. The predicted molar refractivity (Wildman–Crippen MR) is 123 cm³/mol. The van der Waals surface area contributed by atoms with Crippen molar-refractivity contribution in [2.45, 2.75) is 51.6 Å². The molecule has 7 nitrogen and oxygen atoms in total. The molecule has 8 heteroatoms. The number of benzene rings is 2. The zero-order valence-electron chi connectivity index (χ0n) is 18.8. The molecule has 0 spiro atoms. The Kier molecular flexibility index (Phi) is 6.53. The Morgan fingerprint density at radius 1 is 1.09 bits per heavy atom. The Bertz CT molecular complexity index is 1290. The zero-order chi connectivity index (χ0) is 23.5. The predicted octanol–water partition coefficient (Wildman–Crippen LogP) is 3.29. The fourth-order valence-corrected chi connectivity index (χ4v) is 4.31. The summed E-state index contributed by atoms with van der Waals surface area (Å²) in [6.07, 6.45) is 4.91. The van der Waals surface area contributed by atoms with Gasteiger partial charge in [-0.25, -0.2) is 9.18 Å². The van der Waals surface area contributed by atoms with Crippen LogP contribution in [0.15, 0.2) is 58.1 Å². The summed E-state index contributed by atoms with van der Waals surface area (Å²) < 4.78 is 16.3. The molecule has 1 saturated carbocycles. The summed E-state index contributed by atoms with van der Waals surface area (Å²) in [7, 11) is 1.67. The Morgan fingerprint density at radius 3 is 2.52 bits per heavy atom. The first-order valence-corrected chi connectivity index (χ1v) is 11.2. The maximum Gasteiger partial charge on any atom is 0.352 e. The quantitative estimate of drug-likeness (QED) is 0.598. The number of nitrogens with zero attached hydrogens (tertiary/aromatic N) is 4. The Balaban J connectivity index is 1.86. The molecule has 4 rings (SSSR count). The second-order valence-electron chi connectivity index (χ2n) is 8.57. The highest BCUT2D eigenvalue weighted by Crippen LogP contribution is 2.22. The van der Waals surface area contributed by atoms with E-state index in [2.05, 4.69) is 5.10 Å². The van der Waals surface area contributed by atoms with Crippen molar-refractivity contribution < 1.29 is 9.18 Å². The lowest BCUT2D eigenvalue weighted by Gasteiger charge is -2.30. The van der Waals surface area contributed by atoms with E-state index in [0.29, 0.717) is 5.69 Å². The Labute approximate surface area is 191 Å². The topological polar surface area (TPSA) is 77.2 Å². The van der Waals surface area contributed by atoms with Crippen LogP contribution in [-0.4, -0.2) is 38.2 Å². The first-order valence-electron chi connectivity index (χ1n) is 11.2. The number of carbonyl (C=O) groups excluding carboxylic acids is 1. The number of halogens is 1. The molecule has 0 saturated heterocycles. The number of carbonyl (C=O) groups is 1. The third-order valence-corrected chi connectivity index (χ3v) is 6.24. The van der Waals surface area contributed by atoms with Gasteiger partial charge in [0.05, 0.1) is 12.2 Å². The van der Waals surface area contributed by atoms with Crippen molar-refractivity contribution in [3.8, 4) is 5.69 Å². The second kappa shape index (κ2) is 9.52. The summed E-state index contributed by atoms with van der Waals surface area (Å²) in [5.41, 5.74) is -0.402. The highest BCUT2D eigenvalue weighted by Gasteiger charge is 2.28. The van der Waals surface area contributed by atoms with E-state index < -0.39 is 23.0 Å². The summed E-state index contributed by atoms with van der Waals surface area (Å²) in [5.74, 6) is -1.06. The number of aryl methyl sites for hydroxylation is 1. The van der Waals surface area contributed by atoms with Crippen LogP contribution in [0.25, 0.3) is 5.69 Å². The van der Waals surface area contributed by atoms with Crippen LogP contribution in [0, 0.1) is 12.7 Å². The summed E-state index contributed by atoms with van der Waals surface area (Å²) >= 11 is 0. The van der Waals surface area contributed by atoms with Crippen molar-refractivity contribution in [1.29, 1.82) is 0 Å². The highest BCUT2D eigenvalue weighted by atomic mass is 19.1. The molecule has 1 aromatic heterocycles. The monoisotopic (exact) mass is 450 g/mol. The first-order chi connectivity index (χ1) is 15.9. The van der Waals surface area contributed by atoms with Crippen LogP contribution < -0.4 is 11.2 Å². The zero-order valence-corrected chi connectivity index (χ0v) is 18.8. The number of rotatable bonds is 5. The third-order valence-electron chi connectivity index (χ3n) is 6.24. The molecule has 0 atom stereocenters. The summed E-state index contributed by atoms with van der Waals surface area (Å²) in [4.78, 5) is 41.5. The van der Waals surface area contributed by atoms with Crippen LogP contribution in [0.4, 0.5) is 4.39 Å². The normalized spacial score (nSPS) is 14.3. The van der Waals surface area contributed by atoms with Gasteiger partial charge in [-0.3, -0.25) is 14.2 Å². The fourth-order valence-electron chi connectivity index (χ4n) is 4.31. The van der Waals surface area contributed by atoms with Crippen LogP contribution in [-0.2, 0) is 6.54 Å². The van der Waals surface area contributed by atoms with Crippen molar-refractivity contribution in [2.75, 3.05) is 7.05 Å². The van der Waals surface area contributed by atoms with Gasteiger partial charge in [0.1, 0.15) is 5.82 Å². The van der Waals surface area contributed by atoms with E-state index in [9.17, 15) is 18.8 Å². The molecule has 1 aliphatic rings. The van der Waals surface area contributed by atoms with Gasteiger partial charge in [-0.15, -0.1) is 0 Å². The Hall–Kier alpha value is -3.55. The minimum atomic E-state index is -0.820. The van der Waals surface area contributed by atoms with Crippen LogP contribution in [0.5, 0.6) is 0 Å². The second-order valence-corrected chi connectivity index (χ2v) is 8.57. The molecule has 33 heavy (non-hydrogen) atoms. The largest absolute Gasteiger partial charge is 0.352 e. The van der Waals surface area contributed by atoms with Gasteiger partial charge in [0, 0.05) is 18.7 Å². The molecule has 0 radical (unpaired) electrons. The van der Waals surface area contributed by atoms with Crippen molar-refractivity contribution in [3.05, 3.63) is 92.0 Å². The van der Waals surface area contributed by atoms with Gasteiger partial charge in [0.2, 0.25) is 5.69 Å². The van der Waals surface area contributed by atoms with E-state index in [-0.39, 0.29) is 23.8 Å². The van der Waals surface area contributed by atoms with Crippen molar-refractivity contribution >= 4 is 5.91 Å². The number of amides is 1. The molecular formula is C25H27FN4O3. The van der Waals surface area contributed by atoms with Crippen LogP contribution in [0.3, 0.4) is 0 Å².